The zero-order valence-corrected chi connectivity index (χ0v) is 14.7. The van der Waals surface area contributed by atoms with Gasteiger partial charge in [0.2, 0.25) is 5.91 Å². The Hall–Kier alpha value is -2.88. The van der Waals surface area contributed by atoms with Crippen LogP contribution in [0.15, 0.2) is 73.1 Å². The van der Waals surface area contributed by atoms with E-state index in [0.29, 0.717) is 13.0 Å². The first-order chi connectivity index (χ1) is 12.1. The van der Waals surface area contributed by atoms with Crippen molar-refractivity contribution in [1.29, 1.82) is 0 Å². The fourth-order valence-corrected chi connectivity index (χ4v) is 2.84. The van der Waals surface area contributed by atoms with Crippen LogP contribution in [0.3, 0.4) is 0 Å². The van der Waals surface area contributed by atoms with Gasteiger partial charge in [-0.25, -0.2) is 4.68 Å². The molecule has 2 aromatic carbocycles. The lowest BCUT2D eigenvalue weighted by Crippen LogP contribution is -2.27. The molecule has 0 radical (unpaired) electrons. The molecule has 0 aliphatic heterocycles. The number of hydrogen-bond donors (Lipinski definition) is 0. The van der Waals surface area contributed by atoms with Gasteiger partial charge in [-0.1, -0.05) is 55.5 Å². The van der Waals surface area contributed by atoms with Crippen LogP contribution in [0.2, 0.25) is 0 Å². The van der Waals surface area contributed by atoms with Gasteiger partial charge in [0, 0.05) is 31.8 Å². The summed E-state index contributed by atoms with van der Waals surface area (Å²) in [5.41, 5.74) is 3.23. The zero-order chi connectivity index (χ0) is 17.6. The summed E-state index contributed by atoms with van der Waals surface area (Å²) < 4.78 is 1.83. The monoisotopic (exact) mass is 333 g/mol. The van der Waals surface area contributed by atoms with Gasteiger partial charge < -0.3 is 4.90 Å². The highest BCUT2D eigenvalue weighted by Gasteiger charge is 2.15. The van der Waals surface area contributed by atoms with Crippen LogP contribution >= 0.6 is 0 Å². The Kier molecular flexibility index (Phi) is 5.29. The molecular weight excluding hydrogens is 310 g/mol. The topological polar surface area (TPSA) is 38.1 Å². The summed E-state index contributed by atoms with van der Waals surface area (Å²) in [6.45, 7) is 2.65. The Bertz CT molecular complexity index is 811. The standard InChI is InChI=1S/C21H23N3O/c1-17(19-9-5-3-6-10-19)13-21(25)23(2)15-18-14-22-24(16-18)20-11-7-4-8-12-20/h3-12,14,16-17H,13,15H2,1-2H3. The molecule has 0 saturated heterocycles. The maximum absolute atomic E-state index is 12.5. The molecule has 4 nitrogen and oxygen atoms in total. The second-order valence-electron chi connectivity index (χ2n) is 6.39. The molecule has 1 aromatic heterocycles. The Labute approximate surface area is 148 Å². The molecule has 0 bridgehead atoms. The van der Waals surface area contributed by atoms with E-state index in [2.05, 4.69) is 24.2 Å². The van der Waals surface area contributed by atoms with Crippen LogP contribution in [0.25, 0.3) is 5.69 Å². The molecule has 3 aromatic rings. The van der Waals surface area contributed by atoms with Crippen molar-refractivity contribution in [2.75, 3.05) is 7.05 Å². The molecule has 0 saturated carbocycles. The smallest absolute Gasteiger partial charge is 0.223 e. The Morgan fingerprint density at radius 3 is 2.40 bits per heavy atom. The van der Waals surface area contributed by atoms with Crippen LogP contribution < -0.4 is 0 Å². The van der Waals surface area contributed by atoms with E-state index in [-0.39, 0.29) is 11.8 Å². The van der Waals surface area contributed by atoms with E-state index >= 15 is 0 Å². The highest BCUT2D eigenvalue weighted by molar-refractivity contribution is 5.76. The molecule has 0 aliphatic rings. The summed E-state index contributed by atoms with van der Waals surface area (Å²) in [6.07, 6.45) is 4.30. The van der Waals surface area contributed by atoms with Gasteiger partial charge in [-0.05, 0) is 23.6 Å². The largest absolute Gasteiger partial charge is 0.341 e. The molecule has 1 unspecified atom stereocenters. The SMILES string of the molecule is CC(CC(=O)N(C)Cc1cnn(-c2ccccc2)c1)c1ccccc1. The third-order valence-corrected chi connectivity index (χ3v) is 4.35. The number of nitrogens with zero attached hydrogens (tertiary/aromatic N) is 3. The number of benzene rings is 2. The van der Waals surface area contributed by atoms with Crippen LogP contribution in [-0.2, 0) is 11.3 Å². The Morgan fingerprint density at radius 1 is 1.08 bits per heavy atom. The molecule has 25 heavy (non-hydrogen) atoms. The maximum Gasteiger partial charge on any atom is 0.223 e. The van der Waals surface area contributed by atoms with E-state index in [1.54, 1.807) is 4.90 Å². The highest BCUT2D eigenvalue weighted by atomic mass is 16.2. The first kappa shape index (κ1) is 17.0. The molecule has 0 aliphatic carbocycles. The number of para-hydroxylation sites is 1. The summed E-state index contributed by atoms with van der Waals surface area (Å²) in [5.74, 6) is 0.354. The van der Waals surface area contributed by atoms with Crippen molar-refractivity contribution in [3.63, 3.8) is 0 Å². The molecule has 3 rings (SSSR count). The van der Waals surface area contributed by atoms with Crippen molar-refractivity contribution in [2.24, 2.45) is 0 Å². The van der Waals surface area contributed by atoms with Gasteiger partial charge in [0.15, 0.2) is 0 Å². The first-order valence-corrected chi connectivity index (χ1v) is 8.51. The van der Waals surface area contributed by atoms with E-state index in [4.69, 9.17) is 0 Å². The molecule has 128 valence electrons. The fraction of sp³-hybridized carbons (Fsp3) is 0.238. The van der Waals surface area contributed by atoms with E-state index in [0.717, 1.165) is 11.3 Å². The van der Waals surface area contributed by atoms with Crippen molar-refractivity contribution in [3.8, 4) is 5.69 Å². The molecule has 0 N–H and O–H groups in total. The number of amides is 1. The highest BCUT2D eigenvalue weighted by Crippen LogP contribution is 2.20. The van der Waals surface area contributed by atoms with Crippen molar-refractivity contribution in [1.82, 2.24) is 14.7 Å². The van der Waals surface area contributed by atoms with Gasteiger partial charge in [0.1, 0.15) is 0 Å². The van der Waals surface area contributed by atoms with E-state index in [9.17, 15) is 4.79 Å². The average Bonchev–Trinajstić information content (AvgIpc) is 3.11. The maximum atomic E-state index is 12.5. The van der Waals surface area contributed by atoms with E-state index in [1.807, 2.05) is 72.7 Å². The van der Waals surface area contributed by atoms with Crippen LogP contribution in [-0.4, -0.2) is 27.6 Å². The summed E-state index contributed by atoms with van der Waals surface area (Å²) in [4.78, 5) is 14.3. The third-order valence-electron chi connectivity index (χ3n) is 4.35. The lowest BCUT2D eigenvalue weighted by Gasteiger charge is -2.19. The van der Waals surface area contributed by atoms with Gasteiger partial charge in [0.25, 0.3) is 0 Å². The minimum Gasteiger partial charge on any atom is -0.341 e. The normalized spacial score (nSPS) is 11.9. The first-order valence-electron chi connectivity index (χ1n) is 8.51. The Balaban J connectivity index is 1.59. The summed E-state index contributed by atoms with van der Waals surface area (Å²) >= 11 is 0. The molecule has 0 fully saturated rings. The number of hydrogen-bond acceptors (Lipinski definition) is 2. The lowest BCUT2D eigenvalue weighted by molar-refractivity contribution is -0.130. The molecule has 1 atom stereocenters. The van der Waals surface area contributed by atoms with Crippen LogP contribution in [0.1, 0.15) is 30.4 Å². The fourth-order valence-electron chi connectivity index (χ4n) is 2.84. The van der Waals surface area contributed by atoms with Crippen molar-refractivity contribution >= 4 is 5.91 Å². The second-order valence-corrected chi connectivity index (χ2v) is 6.39. The van der Waals surface area contributed by atoms with Gasteiger partial charge in [-0.2, -0.15) is 5.10 Å². The van der Waals surface area contributed by atoms with Crippen molar-refractivity contribution in [2.45, 2.75) is 25.8 Å². The van der Waals surface area contributed by atoms with Gasteiger partial charge in [0.05, 0.1) is 11.9 Å². The summed E-state index contributed by atoms with van der Waals surface area (Å²) in [7, 11) is 1.85. The minimum absolute atomic E-state index is 0.142. The minimum atomic E-state index is 0.142. The van der Waals surface area contributed by atoms with Gasteiger partial charge in [-0.3, -0.25) is 4.79 Å². The second kappa shape index (κ2) is 7.79. The average molecular weight is 333 g/mol. The predicted molar refractivity (Wildman–Crippen MR) is 99.5 cm³/mol. The molecule has 0 spiro atoms. The molecule has 4 heteroatoms. The van der Waals surface area contributed by atoms with Crippen molar-refractivity contribution < 1.29 is 4.79 Å². The number of carbonyl (C=O) groups excluding carboxylic acids is 1. The molecular formula is C21H23N3O. The lowest BCUT2D eigenvalue weighted by atomic mass is 9.97. The molecule has 1 heterocycles. The summed E-state index contributed by atoms with van der Waals surface area (Å²) in [5, 5.41) is 4.39. The number of aromatic nitrogens is 2. The number of rotatable bonds is 6. The summed E-state index contributed by atoms with van der Waals surface area (Å²) in [6, 6.07) is 20.1. The van der Waals surface area contributed by atoms with Gasteiger partial charge in [-0.15, -0.1) is 0 Å². The third kappa shape index (κ3) is 4.35. The van der Waals surface area contributed by atoms with Crippen LogP contribution in [0.5, 0.6) is 0 Å². The van der Waals surface area contributed by atoms with Crippen LogP contribution in [0, 0.1) is 0 Å². The van der Waals surface area contributed by atoms with Gasteiger partial charge >= 0.3 is 0 Å². The molecule has 1 amide bonds. The Morgan fingerprint density at radius 2 is 1.72 bits per heavy atom. The quantitative estimate of drug-likeness (QED) is 0.683. The zero-order valence-electron chi connectivity index (χ0n) is 14.7. The van der Waals surface area contributed by atoms with E-state index < -0.39 is 0 Å². The number of carbonyl (C=O) groups is 1. The van der Waals surface area contributed by atoms with E-state index in [1.165, 1.54) is 5.56 Å². The van der Waals surface area contributed by atoms with Crippen molar-refractivity contribution in [3.05, 3.63) is 84.2 Å². The predicted octanol–water partition coefficient (Wildman–Crippen LogP) is 4.02. The van der Waals surface area contributed by atoms with Crippen LogP contribution in [0.4, 0.5) is 0 Å².